The molecule has 0 aliphatic heterocycles. The van der Waals surface area contributed by atoms with Gasteiger partial charge in [-0.25, -0.2) is 17.5 Å². The number of carbonyl (C=O) groups excluding carboxylic acids is 2. The molecule has 2 rings (SSSR count). The predicted molar refractivity (Wildman–Crippen MR) is 90.7 cm³/mol. The number of hydrogen-bond donors (Lipinski definition) is 3. The molecule has 2 aromatic rings. The first kappa shape index (κ1) is 19.5. The van der Waals surface area contributed by atoms with E-state index >= 15 is 0 Å². The predicted octanol–water partition coefficient (Wildman–Crippen LogP) is 0.740. The SMILES string of the molecule is O=C(CCCNS(=O)(=O)c1ccc(F)cc1)NNC(=O)c1ccccn1. The fourth-order valence-corrected chi connectivity index (χ4v) is 2.98. The third kappa shape index (κ3) is 5.90. The van der Waals surface area contributed by atoms with E-state index in [-0.39, 0.29) is 30.0 Å². The minimum absolute atomic E-state index is 0.00552. The van der Waals surface area contributed by atoms with Gasteiger partial charge in [0, 0.05) is 19.2 Å². The highest BCUT2D eigenvalue weighted by atomic mass is 32.2. The van der Waals surface area contributed by atoms with Crippen LogP contribution in [-0.4, -0.2) is 31.8 Å². The Morgan fingerprint density at radius 1 is 1.04 bits per heavy atom. The Labute approximate surface area is 149 Å². The largest absolute Gasteiger partial charge is 0.288 e. The zero-order valence-corrected chi connectivity index (χ0v) is 14.4. The van der Waals surface area contributed by atoms with Crippen molar-refractivity contribution < 1.29 is 22.4 Å². The summed E-state index contributed by atoms with van der Waals surface area (Å²) in [5.41, 5.74) is 4.58. The number of aromatic nitrogens is 1. The van der Waals surface area contributed by atoms with Crippen molar-refractivity contribution in [1.82, 2.24) is 20.6 Å². The summed E-state index contributed by atoms with van der Waals surface area (Å²) in [7, 11) is -3.76. The van der Waals surface area contributed by atoms with Crippen molar-refractivity contribution in [3.8, 4) is 0 Å². The Kier molecular flexibility index (Phi) is 6.75. The first-order chi connectivity index (χ1) is 12.4. The minimum Gasteiger partial charge on any atom is -0.273 e. The molecular formula is C16H17FN4O4S. The van der Waals surface area contributed by atoms with E-state index in [1.807, 2.05) is 0 Å². The van der Waals surface area contributed by atoms with E-state index in [0.717, 1.165) is 24.3 Å². The quantitative estimate of drug-likeness (QED) is 0.484. The molecule has 3 N–H and O–H groups in total. The highest BCUT2D eigenvalue weighted by molar-refractivity contribution is 7.89. The van der Waals surface area contributed by atoms with Gasteiger partial charge in [-0.15, -0.1) is 0 Å². The maximum Gasteiger partial charge on any atom is 0.288 e. The number of rotatable bonds is 7. The van der Waals surface area contributed by atoms with Crippen LogP contribution in [0.3, 0.4) is 0 Å². The van der Waals surface area contributed by atoms with Crippen LogP contribution >= 0.6 is 0 Å². The van der Waals surface area contributed by atoms with Gasteiger partial charge in [-0.2, -0.15) is 0 Å². The van der Waals surface area contributed by atoms with Gasteiger partial charge < -0.3 is 0 Å². The summed E-state index contributed by atoms with van der Waals surface area (Å²) in [5.74, 6) is -1.57. The zero-order valence-electron chi connectivity index (χ0n) is 13.6. The summed E-state index contributed by atoms with van der Waals surface area (Å²) in [6, 6.07) is 9.18. The molecule has 10 heteroatoms. The normalized spacial score (nSPS) is 11.0. The number of nitrogens with one attached hydrogen (secondary N) is 3. The summed E-state index contributed by atoms with van der Waals surface area (Å²) in [6.07, 6.45) is 1.66. The van der Waals surface area contributed by atoms with Crippen LogP contribution in [0.4, 0.5) is 4.39 Å². The second kappa shape index (κ2) is 9.02. The van der Waals surface area contributed by atoms with E-state index in [1.54, 1.807) is 12.1 Å². The molecule has 1 aromatic heterocycles. The number of pyridine rings is 1. The molecule has 2 amide bonds. The zero-order chi connectivity index (χ0) is 19.0. The second-order valence-electron chi connectivity index (χ2n) is 5.17. The Hall–Kier alpha value is -2.85. The number of hydrogen-bond acceptors (Lipinski definition) is 5. The Morgan fingerprint density at radius 2 is 1.77 bits per heavy atom. The monoisotopic (exact) mass is 380 g/mol. The standard InChI is InChI=1S/C16H17FN4O4S/c17-12-6-8-13(9-7-12)26(24,25)19-11-3-5-15(22)20-21-16(23)14-4-1-2-10-18-14/h1-2,4,6-10,19H,3,5,11H2,(H,20,22)(H,21,23). The van der Waals surface area contributed by atoms with Gasteiger partial charge in [-0.05, 0) is 42.8 Å². The topological polar surface area (TPSA) is 117 Å². The van der Waals surface area contributed by atoms with Gasteiger partial charge in [-0.3, -0.25) is 25.4 Å². The number of sulfonamides is 1. The fraction of sp³-hybridized carbons (Fsp3) is 0.188. The van der Waals surface area contributed by atoms with E-state index in [1.165, 1.54) is 12.3 Å². The highest BCUT2D eigenvalue weighted by Gasteiger charge is 2.13. The van der Waals surface area contributed by atoms with Gasteiger partial charge in [0.15, 0.2) is 0 Å². The van der Waals surface area contributed by atoms with Crippen molar-refractivity contribution in [2.24, 2.45) is 0 Å². The molecule has 0 unspecified atom stereocenters. The molecule has 8 nitrogen and oxygen atoms in total. The molecule has 0 spiro atoms. The van der Waals surface area contributed by atoms with Crippen molar-refractivity contribution in [2.75, 3.05) is 6.54 Å². The molecule has 1 aromatic carbocycles. The average Bonchev–Trinajstić information content (AvgIpc) is 2.64. The molecule has 0 aliphatic carbocycles. The van der Waals surface area contributed by atoms with Gasteiger partial charge >= 0.3 is 0 Å². The van der Waals surface area contributed by atoms with Crippen molar-refractivity contribution >= 4 is 21.8 Å². The van der Waals surface area contributed by atoms with Crippen LogP contribution in [-0.2, 0) is 14.8 Å². The highest BCUT2D eigenvalue weighted by Crippen LogP contribution is 2.09. The van der Waals surface area contributed by atoms with Crippen LogP contribution in [0.1, 0.15) is 23.3 Å². The smallest absolute Gasteiger partial charge is 0.273 e. The first-order valence-electron chi connectivity index (χ1n) is 7.64. The molecule has 0 atom stereocenters. The molecule has 1 heterocycles. The second-order valence-corrected chi connectivity index (χ2v) is 6.94. The molecule has 0 radical (unpaired) electrons. The van der Waals surface area contributed by atoms with Gasteiger partial charge in [0.1, 0.15) is 11.5 Å². The van der Waals surface area contributed by atoms with Crippen molar-refractivity contribution in [2.45, 2.75) is 17.7 Å². The Bertz CT molecular complexity index is 858. The first-order valence-corrected chi connectivity index (χ1v) is 9.12. The van der Waals surface area contributed by atoms with Gasteiger partial charge in [0.2, 0.25) is 15.9 Å². The van der Waals surface area contributed by atoms with E-state index in [4.69, 9.17) is 0 Å². The maximum atomic E-state index is 12.8. The molecule has 0 saturated heterocycles. The van der Waals surface area contributed by atoms with Crippen LogP contribution in [0.5, 0.6) is 0 Å². The number of halogens is 1. The molecular weight excluding hydrogens is 363 g/mol. The van der Waals surface area contributed by atoms with Crippen molar-refractivity contribution in [3.63, 3.8) is 0 Å². The van der Waals surface area contributed by atoms with E-state index < -0.39 is 27.7 Å². The number of benzene rings is 1. The number of carbonyl (C=O) groups is 2. The lowest BCUT2D eigenvalue weighted by molar-refractivity contribution is -0.121. The summed E-state index contributed by atoms with van der Waals surface area (Å²) in [4.78, 5) is 27.1. The summed E-state index contributed by atoms with van der Waals surface area (Å²) in [6.45, 7) is 0.0152. The third-order valence-corrected chi connectivity index (χ3v) is 4.69. The van der Waals surface area contributed by atoms with E-state index in [9.17, 15) is 22.4 Å². The Morgan fingerprint density at radius 3 is 2.42 bits per heavy atom. The lowest BCUT2D eigenvalue weighted by Gasteiger charge is -2.08. The van der Waals surface area contributed by atoms with Crippen molar-refractivity contribution in [1.29, 1.82) is 0 Å². The summed E-state index contributed by atoms with van der Waals surface area (Å²) in [5, 5.41) is 0. The summed E-state index contributed by atoms with van der Waals surface area (Å²) < 4.78 is 39.1. The minimum atomic E-state index is -3.76. The number of amides is 2. The molecule has 138 valence electrons. The Balaban J connectivity index is 1.70. The lowest BCUT2D eigenvalue weighted by atomic mass is 10.3. The molecule has 0 bridgehead atoms. The number of hydrazine groups is 1. The van der Waals surface area contributed by atoms with Crippen LogP contribution < -0.4 is 15.6 Å². The van der Waals surface area contributed by atoms with Gasteiger partial charge in [0.25, 0.3) is 5.91 Å². The van der Waals surface area contributed by atoms with Crippen LogP contribution in [0.25, 0.3) is 0 Å². The van der Waals surface area contributed by atoms with Gasteiger partial charge in [0.05, 0.1) is 4.90 Å². The van der Waals surface area contributed by atoms with Crippen molar-refractivity contribution in [3.05, 3.63) is 60.2 Å². The van der Waals surface area contributed by atoms with Gasteiger partial charge in [-0.1, -0.05) is 6.07 Å². The lowest BCUT2D eigenvalue weighted by Crippen LogP contribution is -2.42. The molecule has 0 fully saturated rings. The third-order valence-electron chi connectivity index (χ3n) is 3.21. The average molecular weight is 380 g/mol. The molecule has 0 aliphatic rings. The van der Waals surface area contributed by atoms with Crippen LogP contribution in [0.15, 0.2) is 53.6 Å². The molecule has 26 heavy (non-hydrogen) atoms. The van der Waals surface area contributed by atoms with E-state index in [0.29, 0.717) is 0 Å². The number of nitrogens with zero attached hydrogens (tertiary/aromatic N) is 1. The van der Waals surface area contributed by atoms with Crippen LogP contribution in [0.2, 0.25) is 0 Å². The maximum absolute atomic E-state index is 12.8. The summed E-state index contributed by atoms with van der Waals surface area (Å²) >= 11 is 0. The van der Waals surface area contributed by atoms with E-state index in [2.05, 4.69) is 20.6 Å². The van der Waals surface area contributed by atoms with Crippen LogP contribution in [0, 0.1) is 5.82 Å². The molecule has 0 saturated carbocycles. The fourth-order valence-electron chi connectivity index (χ4n) is 1.90.